The zero-order chi connectivity index (χ0) is 19.4. The van der Waals surface area contributed by atoms with E-state index in [0.717, 1.165) is 19.3 Å². The molecule has 4 atom stereocenters. The Hall–Kier alpha value is -1.40. The summed E-state index contributed by atoms with van der Waals surface area (Å²) >= 11 is 0. The van der Waals surface area contributed by atoms with Gasteiger partial charge in [-0.2, -0.15) is 0 Å². The van der Waals surface area contributed by atoms with Crippen molar-refractivity contribution >= 4 is 11.9 Å². The van der Waals surface area contributed by atoms with Crippen molar-refractivity contribution in [1.82, 2.24) is 0 Å². The number of rotatable bonds is 13. The Kier molecular flexibility index (Phi) is 11.2. The van der Waals surface area contributed by atoms with Gasteiger partial charge in [0.05, 0.1) is 0 Å². The fourth-order valence-corrected chi connectivity index (χ4v) is 3.10. The zero-order valence-electron chi connectivity index (χ0n) is 16.4. The number of allylic oxidation sites excluding steroid dienone is 1. The van der Waals surface area contributed by atoms with Crippen molar-refractivity contribution in [1.29, 1.82) is 0 Å². The molecule has 0 spiro atoms. The van der Waals surface area contributed by atoms with E-state index in [1.54, 1.807) is 0 Å². The lowest BCUT2D eigenvalue weighted by atomic mass is 10.1. The summed E-state index contributed by atoms with van der Waals surface area (Å²) in [5.41, 5.74) is 0. The Labute approximate surface area is 157 Å². The predicted octanol–water partition coefficient (Wildman–Crippen LogP) is 3.92. The maximum atomic E-state index is 11.4. The van der Waals surface area contributed by atoms with Crippen LogP contribution in [-0.2, 0) is 28.5 Å². The summed E-state index contributed by atoms with van der Waals surface area (Å²) in [7, 11) is 0. The van der Waals surface area contributed by atoms with E-state index in [2.05, 4.69) is 6.58 Å². The largest absolute Gasteiger partial charge is 0.456 e. The molecule has 1 heterocycles. The molecule has 6 heteroatoms. The van der Waals surface area contributed by atoms with Crippen LogP contribution in [0, 0.1) is 0 Å². The maximum Gasteiger partial charge on any atom is 0.303 e. The molecule has 0 aromatic heterocycles. The molecule has 0 aromatic rings. The molecule has 0 aliphatic carbocycles. The van der Waals surface area contributed by atoms with Crippen LogP contribution in [-0.4, -0.2) is 43.1 Å². The number of carbonyl (C=O) groups is 2. The topological polar surface area (TPSA) is 71.1 Å². The molecule has 150 valence electrons. The van der Waals surface area contributed by atoms with Crippen molar-refractivity contribution in [2.45, 2.75) is 96.7 Å². The van der Waals surface area contributed by atoms with Crippen molar-refractivity contribution in [2.75, 3.05) is 6.61 Å². The number of carbonyl (C=O) groups excluding carboxylic acids is 2. The molecule has 1 aliphatic rings. The van der Waals surface area contributed by atoms with Crippen LogP contribution in [0.2, 0.25) is 0 Å². The predicted molar refractivity (Wildman–Crippen MR) is 98.5 cm³/mol. The first-order chi connectivity index (χ1) is 12.5. The second kappa shape index (κ2) is 12.9. The summed E-state index contributed by atoms with van der Waals surface area (Å²) in [6.45, 7) is 8.84. The van der Waals surface area contributed by atoms with Crippen LogP contribution in [0.25, 0.3) is 0 Å². The minimum absolute atomic E-state index is 0.335. The zero-order valence-corrected chi connectivity index (χ0v) is 16.4. The smallest absolute Gasteiger partial charge is 0.303 e. The van der Waals surface area contributed by atoms with Crippen LogP contribution < -0.4 is 0 Å². The van der Waals surface area contributed by atoms with Gasteiger partial charge < -0.3 is 18.9 Å². The first-order valence-corrected chi connectivity index (χ1v) is 9.72. The standard InChI is InChI=1S/C20H34O6/c1-5-7-8-9-10-11-12-13-14-23-20-19(25-16(4)22)18(24-15(3)21)17(6-2)26-20/h5,17-20H,1,6-14H2,2-4H3/t17-,18?,19+,20-/m1/s1. The number of hydrogen-bond acceptors (Lipinski definition) is 6. The molecule has 0 N–H and O–H groups in total. The van der Waals surface area contributed by atoms with Crippen LogP contribution >= 0.6 is 0 Å². The van der Waals surface area contributed by atoms with Crippen molar-refractivity contribution in [3.8, 4) is 0 Å². The molecule has 1 unspecified atom stereocenters. The van der Waals surface area contributed by atoms with E-state index in [0.29, 0.717) is 13.0 Å². The molecule has 26 heavy (non-hydrogen) atoms. The average molecular weight is 370 g/mol. The first kappa shape index (κ1) is 22.6. The molecule has 1 saturated heterocycles. The Morgan fingerprint density at radius 1 is 0.962 bits per heavy atom. The Morgan fingerprint density at radius 2 is 1.54 bits per heavy atom. The van der Waals surface area contributed by atoms with E-state index in [9.17, 15) is 9.59 Å². The molecule has 0 radical (unpaired) electrons. The number of unbranched alkanes of at least 4 members (excludes halogenated alkanes) is 6. The van der Waals surface area contributed by atoms with Gasteiger partial charge in [0, 0.05) is 20.5 Å². The molecule has 1 fully saturated rings. The third kappa shape index (κ3) is 8.32. The van der Waals surface area contributed by atoms with E-state index in [-0.39, 0.29) is 6.10 Å². The van der Waals surface area contributed by atoms with Gasteiger partial charge in [0.1, 0.15) is 6.10 Å². The quantitative estimate of drug-likeness (QED) is 0.278. The van der Waals surface area contributed by atoms with Crippen molar-refractivity contribution in [3.05, 3.63) is 12.7 Å². The molecule has 1 aliphatic heterocycles. The molecule has 1 rings (SSSR count). The van der Waals surface area contributed by atoms with E-state index in [1.165, 1.54) is 39.5 Å². The number of hydrogen-bond donors (Lipinski definition) is 0. The van der Waals surface area contributed by atoms with Gasteiger partial charge in [-0.1, -0.05) is 38.7 Å². The highest BCUT2D eigenvalue weighted by Crippen LogP contribution is 2.30. The Bertz CT molecular complexity index is 436. The highest BCUT2D eigenvalue weighted by Gasteiger charge is 2.48. The van der Waals surface area contributed by atoms with E-state index >= 15 is 0 Å². The Balaban J connectivity index is 2.39. The van der Waals surface area contributed by atoms with Crippen molar-refractivity contribution < 1.29 is 28.5 Å². The lowest BCUT2D eigenvalue weighted by molar-refractivity contribution is -0.188. The Morgan fingerprint density at radius 3 is 2.12 bits per heavy atom. The number of esters is 2. The third-order valence-corrected chi connectivity index (χ3v) is 4.36. The van der Waals surface area contributed by atoms with Crippen LogP contribution in [0.4, 0.5) is 0 Å². The highest BCUT2D eigenvalue weighted by atomic mass is 16.7. The normalized spacial score (nSPS) is 25.0. The summed E-state index contributed by atoms with van der Waals surface area (Å²) in [5.74, 6) is -0.869. The summed E-state index contributed by atoms with van der Waals surface area (Å²) in [6, 6.07) is 0. The summed E-state index contributed by atoms with van der Waals surface area (Å²) in [5, 5.41) is 0. The van der Waals surface area contributed by atoms with Crippen LogP contribution in [0.3, 0.4) is 0 Å². The SMILES string of the molecule is C=CCCCCCCCCO[C@@H]1O[C@H](CC)C(OC(C)=O)[C@@H]1OC(C)=O. The monoisotopic (exact) mass is 370 g/mol. The molecule has 0 aromatic carbocycles. The second-order valence-corrected chi connectivity index (χ2v) is 6.67. The van der Waals surface area contributed by atoms with Crippen molar-refractivity contribution in [2.24, 2.45) is 0 Å². The lowest BCUT2D eigenvalue weighted by Gasteiger charge is -2.23. The molecule has 0 bridgehead atoms. The fraction of sp³-hybridized carbons (Fsp3) is 0.800. The van der Waals surface area contributed by atoms with Gasteiger partial charge in [0.15, 0.2) is 18.5 Å². The van der Waals surface area contributed by atoms with Gasteiger partial charge in [0.25, 0.3) is 0 Å². The van der Waals surface area contributed by atoms with E-state index in [4.69, 9.17) is 18.9 Å². The van der Waals surface area contributed by atoms with Gasteiger partial charge in [-0.25, -0.2) is 0 Å². The van der Waals surface area contributed by atoms with Gasteiger partial charge in [0.2, 0.25) is 0 Å². The summed E-state index contributed by atoms with van der Waals surface area (Å²) in [4.78, 5) is 22.8. The lowest BCUT2D eigenvalue weighted by Crippen LogP contribution is -2.40. The summed E-state index contributed by atoms with van der Waals surface area (Å²) in [6.07, 6.45) is 8.14. The second-order valence-electron chi connectivity index (χ2n) is 6.67. The molecule has 6 nitrogen and oxygen atoms in total. The average Bonchev–Trinajstić information content (AvgIpc) is 2.89. The van der Waals surface area contributed by atoms with E-state index in [1.807, 2.05) is 13.0 Å². The van der Waals surface area contributed by atoms with Gasteiger partial charge in [-0.05, 0) is 25.7 Å². The highest BCUT2D eigenvalue weighted by molar-refractivity contribution is 5.67. The number of ether oxygens (including phenoxy) is 4. The van der Waals surface area contributed by atoms with Crippen LogP contribution in [0.5, 0.6) is 0 Å². The van der Waals surface area contributed by atoms with Crippen LogP contribution in [0.15, 0.2) is 12.7 Å². The minimum atomic E-state index is -0.722. The van der Waals surface area contributed by atoms with Crippen LogP contribution in [0.1, 0.15) is 72.1 Å². The van der Waals surface area contributed by atoms with E-state index < -0.39 is 30.4 Å². The van der Waals surface area contributed by atoms with Gasteiger partial charge in [-0.3, -0.25) is 9.59 Å². The summed E-state index contributed by atoms with van der Waals surface area (Å²) < 4.78 is 22.3. The molecule has 0 saturated carbocycles. The van der Waals surface area contributed by atoms with Crippen molar-refractivity contribution in [3.63, 3.8) is 0 Å². The first-order valence-electron chi connectivity index (χ1n) is 9.72. The van der Waals surface area contributed by atoms with Gasteiger partial charge >= 0.3 is 11.9 Å². The minimum Gasteiger partial charge on any atom is -0.456 e. The third-order valence-electron chi connectivity index (χ3n) is 4.36. The molecular weight excluding hydrogens is 336 g/mol. The fourth-order valence-electron chi connectivity index (χ4n) is 3.10. The molecule has 0 amide bonds. The molecular formula is C20H34O6. The van der Waals surface area contributed by atoms with Gasteiger partial charge in [-0.15, -0.1) is 6.58 Å². The maximum absolute atomic E-state index is 11.4.